The maximum atomic E-state index is 5.60. The van der Waals surface area contributed by atoms with Gasteiger partial charge in [0.15, 0.2) is 0 Å². The van der Waals surface area contributed by atoms with E-state index in [4.69, 9.17) is 18.0 Å². The molecule has 0 amide bonds. The minimum atomic E-state index is 0.428. The van der Waals surface area contributed by atoms with Gasteiger partial charge in [-0.1, -0.05) is 18.6 Å². The first-order valence-electron chi connectivity index (χ1n) is 5.50. The second kappa shape index (κ2) is 5.15. The summed E-state index contributed by atoms with van der Waals surface area (Å²) in [6.45, 7) is 1.07. The molecule has 0 spiro atoms. The van der Waals surface area contributed by atoms with Crippen LogP contribution in [0.3, 0.4) is 0 Å². The van der Waals surface area contributed by atoms with Gasteiger partial charge in [-0.05, 0) is 52.9 Å². The molecule has 0 bridgehead atoms. The molecule has 3 N–H and O–H groups in total. The molecule has 16 heavy (non-hydrogen) atoms. The first-order valence-corrected chi connectivity index (χ1v) is 6.70. The van der Waals surface area contributed by atoms with Crippen molar-refractivity contribution in [3.63, 3.8) is 0 Å². The van der Waals surface area contributed by atoms with Gasteiger partial charge in [0.05, 0.1) is 0 Å². The summed E-state index contributed by atoms with van der Waals surface area (Å²) >= 11 is 8.43. The van der Waals surface area contributed by atoms with E-state index in [0.717, 1.165) is 28.2 Å². The molecule has 0 aromatic heterocycles. The van der Waals surface area contributed by atoms with Crippen molar-refractivity contribution < 1.29 is 0 Å². The fourth-order valence-electron chi connectivity index (χ4n) is 1.78. The zero-order chi connectivity index (χ0) is 11.5. The van der Waals surface area contributed by atoms with Crippen molar-refractivity contribution in [3.05, 3.63) is 28.2 Å². The molecule has 0 radical (unpaired) electrons. The van der Waals surface area contributed by atoms with Crippen LogP contribution in [-0.4, -0.2) is 11.5 Å². The minimum absolute atomic E-state index is 0.428. The van der Waals surface area contributed by atoms with Crippen LogP contribution in [0.15, 0.2) is 22.7 Å². The fraction of sp³-hybridized carbons (Fsp3) is 0.417. The maximum Gasteiger partial charge on any atom is 0.105 e. The van der Waals surface area contributed by atoms with Crippen LogP contribution in [0, 0.1) is 5.92 Å². The highest BCUT2D eigenvalue weighted by molar-refractivity contribution is 9.10. The molecule has 1 aliphatic carbocycles. The standard InChI is InChI=1S/C12H15BrN2S/c13-11-6-9(4-5-10(11)12(14)16)15-7-8-2-1-3-8/h4-6,8,15H,1-3,7H2,(H2,14,16). The Hall–Kier alpha value is -0.610. The van der Waals surface area contributed by atoms with Gasteiger partial charge in [0.2, 0.25) is 0 Å². The summed E-state index contributed by atoms with van der Waals surface area (Å²) in [4.78, 5) is 0.428. The predicted octanol–water partition coefficient (Wildman–Crippen LogP) is 3.30. The number of hydrogen-bond acceptors (Lipinski definition) is 2. The van der Waals surface area contributed by atoms with E-state index < -0.39 is 0 Å². The molecule has 0 heterocycles. The van der Waals surface area contributed by atoms with Crippen molar-refractivity contribution in [1.82, 2.24) is 0 Å². The number of nitrogens with one attached hydrogen (secondary N) is 1. The number of halogens is 1. The van der Waals surface area contributed by atoms with Gasteiger partial charge in [0, 0.05) is 22.3 Å². The van der Waals surface area contributed by atoms with E-state index in [1.807, 2.05) is 18.2 Å². The van der Waals surface area contributed by atoms with Crippen LogP contribution >= 0.6 is 28.1 Å². The highest BCUT2D eigenvalue weighted by Crippen LogP contribution is 2.27. The first-order chi connectivity index (χ1) is 7.66. The van der Waals surface area contributed by atoms with E-state index in [1.165, 1.54) is 19.3 Å². The third-order valence-corrected chi connectivity index (χ3v) is 3.93. The van der Waals surface area contributed by atoms with Crippen molar-refractivity contribution in [3.8, 4) is 0 Å². The molecular weight excluding hydrogens is 284 g/mol. The number of rotatable bonds is 4. The minimum Gasteiger partial charge on any atom is -0.389 e. The van der Waals surface area contributed by atoms with E-state index in [1.54, 1.807) is 0 Å². The summed E-state index contributed by atoms with van der Waals surface area (Å²) in [7, 11) is 0. The molecule has 4 heteroatoms. The SMILES string of the molecule is NC(=S)c1ccc(NCC2CCC2)cc1Br. The van der Waals surface area contributed by atoms with Crippen molar-refractivity contribution in [2.45, 2.75) is 19.3 Å². The predicted molar refractivity (Wildman–Crippen MR) is 75.9 cm³/mol. The lowest BCUT2D eigenvalue weighted by molar-refractivity contribution is 0.333. The van der Waals surface area contributed by atoms with E-state index >= 15 is 0 Å². The lowest BCUT2D eigenvalue weighted by Gasteiger charge is -2.26. The van der Waals surface area contributed by atoms with Gasteiger partial charge < -0.3 is 11.1 Å². The maximum absolute atomic E-state index is 5.60. The summed E-state index contributed by atoms with van der Waals surface area (Å²) in [5.74, 6) is 0.856. The Morgan fingerprint density at radius 2 is 2.25 bits per heavy atom. The highest BCUT2D eigenvalue weighted by Gasteiger charge is 2.16. The molecule has 0 unspecified atom stereocenters. The van der Waals surface area contributed by atoms with Crippen molar-refractivity contribution >= 4 is 38.8 Å². The van der Waals surface area contributed by atoms with Crippen molar-refractivity contribution in [1.29, 1.82) is 0 Å². The van der Waals surface area contributed by atoms with Crippen LogP contribution in [-0.2, 0) is 0 Å². The van der Waals surface area contributed by atoms with E-state index in [-0.39, 0.29) is 0 Å². The van der Waals surface area contributed by atoms with Crippen LogP contribution < -0.4 is 11.1 Å². The quantitative estimate of drug-likeness (QED) is 0.838. The van der Waals surface area contributed by atoms with Crippen LogP contribution in [0.5, 0.6) is 0 Å². The topological polar surface area (TPSA) is 38.0 Å². The van der Waals surface area contributed by atoms with Crippen LogP contribution in [0.4, 0.5) is 5.69 Å². The molecule has 1 saturated carbocycles. The monoisotopic (exact) mass is 298 g/mol. The number of thiocarbonyl (C=S) groups is 1. The first kappa shape index (κ1) is 11.9. The summed E-state index contributed by atoms with van der Waals surface area (Å²) in [6, 6.07) is 6.01. The molecule has 1 aromatic rings. The molecule has 1 aromatic carbocycles. The van der Waals surface area contributed by atoms with Crippen LogP contribution in [0.2, 0.25) is 0 Å². The molecule has 2 nitrogen and oxygen atoms in total. The average molecular weight is 299 g/mol. The number of hydrogen-bond donors (Lipinski definition) is 2. The van der Waals surface area contributed by atoms with E-state index in [9.17, 15) is 0 Å². The lowest BCUT2D eigenvalue weighted by atomic mass is 9.85. The second-order valence-corrected chi connectivity index (χ2v) is 5.53. The van der Waals surface area contributed by atoms with Gasteiger partial charge in [-0.15, -0.1) is 0 Å². The Kier molecular flexibility index (Phi) is 3.82. The molecular formula is C12H15BrN2S. The molecule has 86 valence electrons. The zero-order valence-corrected chi connectivity index (χ0v) is 11.4. The Labute approximate surface area is 110 Å². The van der Waals surface area contributed by atoms with Gasteiger partial charge in [-0.2, -0.15) is 0 Å². The molecule has 0 saturated heterocycles. The summed E-state index contributed by atoms with van der Waals surface area (Å²) < 4.78 is 0.957. The number of benzene rings is 1. The summed E-state index contributed by atoms with van der Waals surface area (Å²) in [6.07, 6.45) is 4.11. The van der Waals surface area contributed by atoms with Gasteiger partial charge >= 0.3 is 0 Å². The zero-order valence-electron chi connectivity index (χ0n) is 9.00. The van der Waals surface area contributed by atoms with Gasteiger partial charge in [0.25, 0.3) is 0 Å². The van der Waals surface area contributed by atoms with Gasteiger partial charge in [0.1, 0.15) is 4.99 Å². The normalized spacial score (nSPS) is 15.6. The van der Waals surface area contributed by atoms with Crippen LogP contribution in [0.1, 0.15) is 24.8 Å². The second-order valence-electron chi connectivity index (χ2n) is 4.24. The largest absolute Gasteiger partial charge is 0.389 e. The molecule has 0 aliphatic heterocycles. The van der Waals surface area contributed by atoms with Gasteiger partial charge in [-0.25, -0.2) is 0 Å². The van der Waals surface area contributed by atoms with Crippen LogP contribution in [0.25, 0.3) is 0 Å². The van der Waals surface area contributed by atoms with E-state index in [0.29, 0.717) is 4.99 Å². The Morgan fingerprint density at radius 1 is 1.50 bits per heavy atom. The molecule has 1 fully saturated rings. The average Bonchev–Trinajstić information content (AvgIpc) is 2.14. The number of anilines is 1. The van der Waals surface area contributed by atoms with Crippen molar-refractivity contribution in [2.75, 3.05) is 11.9 Å². The lowest BCUT2D eigenvalue weighted by Crippen LogP contribution is -2.21. The highest BCUT2D eigenvalue weighted by atomic mass is 79.9. The number of nitrogens with two attached hydrogens (primary N) is 1. The fourth-order valence-corrected chi connectivity index (χ4v) is 2.69. The summed E-state index contributed by atoms with van der Waals surface area (Å²) in [5.41, 5.74) is 7.62. The third kappa shape index (κ3) is 2.74. The van der Waals surface area contributed by atoms with Gasteiger partial charge in [-0.3, -0.25) is 0 Å². The Balaban J connectivity index is 1.99. The molecule has 2 rings (SSSR count). The van der Waals surface area contributed by atoms with Crippen molar-refractivity contribution in [2.24, 2.45) is 11.7 Å². The third-order valence-electron chi connectivity index (χ3n) is 3.05. The summed E-state index contributed by atoms with van der Waals surface area (Å²) in [5, 5.41) is 3.44. The molecule has 1 aliphatic rings. The Morgan fingerprint density at radius 3 is 2.75 bits per heavy atom. The molecule has 0 atom stereocenters. The smallest absolute Gasteiger partial charge is 0.105 e. The Bertz CT molecular complexity index is 402. The van der Waals surface area contributed by atoms with E-state index in [2.05, 4.69) is 21.2 Å².